The third-order valence-corrected chi connectivity index (χ3v) is 2.48. The summed E-state index contributed by atoms with van der Waals surface area (Å²) in [6.07, 6.45) is 0. The third kappa shape index (κ3) is 2.33. The summed E-state index contributed by atoms with van der Waals surface area (Å²) in [7, 11) is 2.77. The number of halogens is 1. The highest BCUT2D eigenvalue weighted by atomic mass is 79.9. The lowest BCUT2D eigenvalue weighted by Gasteiger charge is -2.10. The molecule has 0 aliphatic heterocycles. The number of carbonyl (C=O) groups excluding carboxylic acids is 1. The van der Waals surface area contributed by atoms with Crippen LogP contribution in [0.4, 0.5) is 0 Å². The molecule has 0 saturated carbocycles. The number of ketones is 1. The van der Waals surface area contributed by atoms with Crippen molar-refractivity contribution in [2.24, 2.45) is 0 Å². The number of aliphatic carboxylic acids is 1. The summed E-state index contributed by atoms with van der Waals surface area (Å²) in [6.45, 7) is 0. The Balaban J connectivity index is 3.39. The van der Waals surface area contributed by atoms with Crippen molar-refractivity contribution in [3.8, 4) is 11.5 Å². The van der Waals surface area contributed by atoms with Gasteiger partial charge in [0.15, 0.2) is 0 Å². The molecule has 0 saturated heterocycles. The maximum Gasteiger partial charge on any atom is 0.377 e. The van der Waals surface area contributed by atoms with Crippen LogP contribution in [0.15, 0.2) is 16.6 Å². The maximum atomic E-state index is 11.4. The molecule has 0 amide bonds. The van der Waals surface area contributed by atoms with E-state index < -0.39 is 11.8 Å². The van der Waals surface area contributed by atoms with Gasteiger partial charge in [0.05, 0.1) is 24.3 Å². The predicted octanol–water partition coefficient (Wildman–Crippen LogP) is 1.73. The van der Waals surface area contributed by atoms with Crippen LogP contribution in [0.2, 0.25) is 0 Å². The fourth-order valence-corrected chi connectivity index (χ4v) is 1.78. The number of methoxy groups -OCH3 is 2. The van der Waals surface area contributed by atoms with Crippen LogP contribution in [-0.2, 0) is 4.79 Å². The van der Waals surface area contributed by atoms with Crippen LogP contribution in [0, 0.1) is 0 Å². The summed E-state index contributed by atoms with van der Waals surface area (Å²) < 4.78 is 10.4. The van der Waals surface area contributed by atoms with Crippen LogP contribution in [0.5, 0.6) is 11.5 Å². The fourth-order valence-electron chi connectivity index (χ4n) is 1.18. The number of hydrogen-bond acceptors (Lipinski definition) is 4. The van der Waals surface area contributed by atoms with E-state index in [1.165, 1.54) is 20.3 Å². The van der Waals surface area contributed by atoms with Gasteiger partial charge in [-0.1, -0.05) is 0 Å². The van der Waals surface area contributed by atoms with Crippen molar-refractivity contribution < 1.29 is 24.2 Å². The summed E-state index contributed by atoms with van der Waals surface area (Å²) >= 11 is 3.17. The monoisotopic (exact) mass is 288 g/mol. The lowest BCUT2D eigenvalue weighted by molar-refractivity contribution is -0.131. The SMILES string of the molecule is COc1cc(Br)c(OC)c(C(=O)C(=O)O)c1. The Bertz CT molecular complexity index is 441. The van der Waals surface area contributed by atoms with E-state index in [4.69, 9.17) is 14.6 Å². The van der Waals surface area contributed by atoms with Gasteiger partial charge in [0.2, 0.25) is 0 Å². The van der Waals surface area contributed by atoms with Crippen molar-refractivity contribution in [2.45, 2.75) is 0 Å². The zero-order chi connectivity index (χ0) is 12.3. The normalized spacial score (nSPS) is 9.69. The molecule has 0 fully saturated rings. The first-order valence-corrected chi connectivity index (χ1v) is 4.99. The van der Waals surface area contributed by atoms with Gasteiger partial charge in [0.1, 0.15) is 11.5 Å². The van der Waals surface area contributed by atoms with E-state index >= 15 is 0 Å². The summed E-state index contributed by atoms with van der Waals surface area (Å²) in [4.78, 5) is 22.0. The molecule has 1 rings (SSSR count). The van der Waals surface area contributed by atoms with Crippen molar-refractivity contribution in [3.63, 3.8) is 0 Å². The Morgan fingerprint density at radius 1 is 1.25 bits per heavy atom. The van der Waals surface area contributed by atoms with Crippen LogP contribution in [0.25, 0.3) is 0 Å². The molecular formula is C10H9BrO5. The molecular weight excluding hydrogens is 280 g/mol. The number of hydrogen-bond donors (Lipinski definition) is 1. The van der Waals surface area contributed by atoms with E-state index in [2.05, 4.69) is 15.9 Å². The first kappa shape index (κ1) is 12.5. The van der Waals surface area contributed by atoms with Gasteiger partial charge in [0.25, 0.3) is 5.78 Å². The highest BCUT2D eigenvalue weighted by molar-refractivity contribution is 9.10. The summed E-state index contributed by atoms with van der Waals surface area (Å²) in [5.74, 6) is -2.04. The third-order valence-electron chi connectivity index (χ3n) is 1.90. The summed E-state index contributed by atoms with van der Waals surface area (Å²) in [6, 6.07) is 2.90. The molecule has 0 aliphatic carbocycles. The molecule has 0 atom stereocenters. The van der Waals surface area contributed by atoms with Gasteiger partial charge >= 0.3 is 5.97 Å². The van der Waals surface area contributed by atoms with Crippen molar-refractivity contribution in [1.82, 2.24) is 0 Å². The van der Waals surface area contributed by atoms with Crippen molar-refractivity contribution in [3.05, 3.63) is 22.2 Å². The second kappa shape index (κ2) is 4.98. The standard InChI is InChI=1S/C10H9BrO5/c1-15-5-3-6(8(12)10(13)14)9(16-2)7(11)4-5/h3-4H,1-2H3,(H,13,14). The zero-order valence-electron chi connectivity index (χ0n) is 8.61. The van der Waals surface area contributed by atoms with Crippen LogP contribution < -0.4 is 9.47 Å². The molecule has 1 aromatic carbocycles. The van der Waals surface area contributed by atoms with Crippen LogP contribution in [0.1, 0.15) is 10.4 Å². The average molecular weight is 289 g/mol. The Hall–Kier alpha value is -1.56. The van der Waals surface area contributed by atoms with Crippen molar-refractivity contribution in [1.29, 1.82) is 0 Å². The number of carboxylic acids is 1. The molecule has 0 unspecified atom stereocenters. The number of rotatable bonds is 4. The molecule has 0 heterocycles. The number of ether oxygens (including phenoxy) is 2. The van der Waals surface area contributed by atoms with E-state index in [0.717, 1.165) is 0 Å². The molecule has 1 N–H and O–H groups in total. The van der Waals surface area contributed by atoms with Crippen molar-refractivity contribution >= 4 is 27.7 Å². The van der Waals surface area contributed by atoms with Crippen molar-refractivity contribution in [2.75, 3.05) is 14.2 Å². The first-order valence-electron chi connectivity index (χ1n) is 4.20. The molecule has 0 aromatic heterocycles. The Labute approximate surface area is 100 Å². The van der Waals surface area contributed by atoms with Gasteiger partial charge in [-0.3, -0.25) is 4.79 Å². The van der Waals surface area contributed by atoms with Gasteiger partial charge in [0, 0.05) is 0 Å². The minimum Gasteiger partial charge on any atom is -0.497 e. The molecule has 6 heteroatoms. The topological polar surface area (TPSA) is 72.8 Å². The summed E-state index contributed by atoms with van der Waals surface area (Å²) in [5.41, 5.74) is -0.0544. The number of benzene rings is 1. The smallest absolute Gasteiger partial charge is 0.377 e. The van der Waals surface area contributed by atoms with E-state index in [1.54, 1.807) is 6.07 Å². The van der Waals surface area contributed by atoms with E-state index in [0.29, 0.717) is 10.2 Å². The lowest BCUT2D eigenvalue weighted by Crippen LogP contribution is -2.14. The highest BCUT2D eigenvalue weighted by Gasteiger charge is 2.22. The predicted molar refractivity (Wildman–Crippen MR) is 59.2 cm³/mol. The Morgan fingerprint density at radius 2 is 1.88 bits per heavy atom. The highest BCUT2D eigenvalue weighted by Crippen LogP contribution is 2.33. The minimum absolute atomic E-state index is 0.0544. The second-order valence-electron chi connectivity index (χ2n) is 2.82. The van der Waals surface area contributed by atoms with Crippen LogP contribution >= 0.6 is 15.9 Å². The molecule has 0 radical (unpaired) electrons. The first-order chi connectivity index (χ1) is 7.51. The van der Waals surface area contributed by atoms with Crippen LogP contribution in [-0.4, -0.2) is 31.1 Å². The fraction of sp³-hybridized carbons (Fsp3) is 0.200. The van der Waals surface area contributed by atoms with Gasteiger partial charge in [-0.15, -0.1) is 0 Å². The largest absolute Gasteiger partial charge is 0.497 e. The van der Waals surface area contributed by atoms with Crippen LogP contribution in [0.3, 0.4) is 0 Å². The van der Waals surface area contributed by atoms with E-state index in [-0.39, 0.29) is 11.3 Å². The molecule has 5 nitrogen and oxygen atoms in total. The summed E-state index contributed by atoms with van der Waals surface area (Å²) in [5, 5.41) is 8.65. The molecule has 0 bridgehead atoms. The Kier molecular flexibility index (Phi) is 3.89. The molecule has 0 spiro atoms. The van der Waals surface area contributed by atoms with Gasteiger partial charge in [-0.25, -0.2) is 4.79 Å². The van der Waals surface area contributed by atoms with Gasteiger partial charge < -0.3 is 14.6 Å². The van der Waals surface area contributed by atoms with Gasteiger partial charge in [-0.2, -0.15) is 0 Å². The molecule has 0 aliphatic rings. The van der Waals surface area contributed by atoms with Gasteiger partial charge in [-0.05, 0) is 28.1 Å². The zero-order valence-corrected chi connectivity index (χ0v) is 10.2. The molecule has 86 valence electrons. The quantitative estimate of drug-likeness (QED) is 0.675. The number of carboxylic acid groups (broad SMARTS) is 1. The maximum absolute atomic E-state index is 11.4. The Morgan fingerprint density at radius 3 is 2.31 bits per heavy atom. The average Bonchev–Trinajstić information content (AvgIpc) is 2.26. The van der Waals surface area contributed by atoms with E-state index in [9.17, 15) is 9.59 Å². The molecule has 1 aromatic rings. The molecule has 16 heavy (non-hydrogen) atoms. The number of carbonyl (C=O) groups is 2. The van der Waals surface area contributed by atoms with E-state index in [1.807, 2.05) is 0 Å². The second-order valence-corrected chi connectivity index (χ2v) is 3.68. The lowest BCUT2D eigenvalue weighted by atomic mass is 10.1. The minimum atomic E-state index is -1.54. The number of Topliss-reactive ketones (excluding diaryl/α,β-unsaturated/α-hetero) is 1.